The van der Waals surface area contributed by atoms with Gasteiger partial charge in [-0.25, -0.2) is 0 Å². The van der Waals surface area contributed by atoms with Crippen LogP contribution >= 0.6 is 0 Å². The summed E-state index contributed by atoms with van der Waals surface area (Å²) in [5, 5.41) is 13.1. The minimum Gasteiger partial charge on any atom is -0.469 e. The molecule has 1 saturated heterocycles. The molecule has 1 aliphatic rings. The van der Waals surface area contributed by atoms with Crippen LogP contribution in [-0.4, -0.2) is 47.7 Å². The van der Waals surface area contributed by atoms with Gasteiger partial charge in [0.05, 0.1) is 12.4 Å². The molecule has 2 rings (SSSR count). The highest BCUT2D eigenvalue weighted by molar-refractivity contribution is 5.80. The zero-order valence-corrected chi connectivity index (χ0v) is 13.1. The molecule has 21 heavy (non-hydrogen) atoms. The molecular formula is C16H27N3O2. The van der Waals surface area contributed by atoms with Crippen molar-refractivity contribution in [3.63, 3.8) is 0 Å². The monoisotopic (exact) mass is 293 g/mol. The van der Waals surface area contributed by atoms with Gasteiger partial charge in [-0.05, 0) is 38.3 Å². The fourth-order valence-electron chi connectivity index (χ4n) is 2.36. The molecule has 0 spiro atoms. The first kappa shape index (κ1) is 15.9. The number of nitrogens with one attached hydrogen (secondary N) is 1. The molecule has 0 aromatic carbocycles. The number of aliphatic hydroxyl groups is 1. The molecule has 1 unspecified atom stereocenters. The Morgan fingerprint density at radius 1 is 1.52 bits per heavy atom. The fourth-order valence-corrected chi connectivity index (χ4v) is 2.36. The first-order valence-corrected chi connectivity index (χ1v) is 7.95. The fraction of sp³-hybridized carbons (Fsp3) is 0.688. The maximum atomic E-state index is 9.64. The van der Waals surface area contributed by atoms with Gasteiger partial charge in [0.1, 0.15) is 5.76 Å². The Labute approximate surface area is 127 Å². The molecule has 118 valence electrons. The molecule has 2 N–H and O–H groups in total. The molecule has 0 saturated carbocycles. The van der Waals surface area contributed by atoms with Crippen molar-refractivity contribution in [2.45, 2.75) is 51.7 Å². The standard InChI is InChI=1S/C16H27N3O2/c1-3-13(2)18-16(19-10-7-14(20)8-11-19)17-9-6-15-5-4-12-21-15/h4-5,12-14,20H,3,6-11H2,1-2H3,(H,17,18). The number of piperidine rings is 1. The smallest absolute Gasteiger partial charge is 0.194 e. The van der Waals surface area contributed by atoms with E-state index in [0.29, 0.717) is 12.6 Å². The third-order valence-electron chi connectivity index (χ3n) is 3.95. The number of guanidine groups is 1. The van der Waals surface area contributed by atoms with Gasteiger partial charge in [-0.2, -0.15) is 0 Å². The number of likely N-dealkylation sites (tertiary alicyclic amines) is 1. The Kier molecular flexibility index (Phi) is 6.11. The maximum absolute atomic E-state index is 9.64. The molecule has 1 fully saturated rings. The third-order valence-corrected chi connectivity index (χ3v) is 3.95. The van der Waals surface area contributed by atoms with E-state index in [2.05, 4.69) is 24.1 Å². The van der Waals surface area contributed by atoms with Crippen molar-refractivity contribution in [3.05, 3.63) is 24.2 Å². The molecule has 1 atom stereocenters. The normalized spacial score (nSPS) is 18.8. The summed E-state index contributed by atoms with van der Waals surface area (Å²) < 4.78 is 5.34. The van der Waals surface area contributed by atoms with Crippen molar-refractivity contribution < 1.29 is 9.52 Å². The van der Waals surface area contributed by atoms with Crippen LogP contribution in [0.3, 0.4) is 0 Å². The van der Waals surface area contributed by atoms with Gasteiger partial charge in [-0.3, -0.25) is 4.99 Å². The van der Waals surface area contributed by atoms with Crippen LogP contribution in [0.1, 0.15) is 38.9 Å². The number of nitrogens with zero attached hydrogens (tertiary/aromatic N) is 2. The van der Waals surface area contributed by atoms with E-state index in [1.807, 2.05) is 12.1 Å². The minimum absolute atomic E-state index is 0.158. The average Bonchev–Trinajstić information content (AvgIpc) is 3.00. The Balaban J connectivity index is 1.93. The molecule has 0 radical (unpaired) electrons. The Bertz CT molecular complexity index is 423. The van der Waals surface area contributed by atoms with E-state index >= 15 is 0 Å². The molecule has 0 aliphatic carbocycles. The van der Waals surface area contributed by atoms with Crippen molar-refractivity contribution in [2.24, 2.45) is 4.99 Å². The van der Waals surface area contributed by atoms with Gasteiger partial charge in [0.15, 0.2) is 5.96 Å². The minimum atomic E-state index is -0.158. The van der Waals surface area contributed by atoms with E-state index in [9.17, 15) is 5.11 Å². The number of furan rings is 1. The predicted octanol–water partition coefficient (Wildman–Crippen LogP) is 2.02. The average molecular weight is 293 g/mol. The van der Waals surface area contributed by atoms with Crippen LogP contribution < -0.4 is 5.32 Å². The first-order chi connectivity index (χ1) is 10.2. The van der Waals surface area contributed by atoms with E-state index in [4.69, 9.17) is 9.41 Å². The van der Waals surface area contributed by atoms with Gasteiger partial charge in [-0.1, -0.05) is 6.92 Å². The number of hydrogen-bond donors (Lipinski definition) is 2. The number of aliphatic hydroxyl groups excluding tert-OH is 1. The Morgan fingerprint density at radius 3 is 2.90 bits per heavy atom. The van der Waals surface area contributed by atoms with Crippen molar-refractivity contribution >= 4 is 5.96 Å². The van der Waals surface area contributed by atoms with Crippen molar-refractivity contribution in [3.8, 4) is 0 Å². The molecule has 5 heteroatoms. The molecular weight excluding hydrogens is 266 g/mol. The van der Waals surface area contributed by atoms with Gasteiger partial charge in [0, 0.05) is 32.1 Å². The zero-order valence-electron chi connectivity index (χ0n) is 13.1. The number of rotatable bonds is 5. The van der Waals surface area contributed by atoms with Crippen LogP contribution in [0, 0.1) is 0 Å². The maximum Gasteiger partial charge on any atom is 0.194 e. The summed E-state index contributed by atoms with van der Waals surface area (Å²) in [6.45, 7) is 6.78. The summed E-state index contributed by atoms with van der Waals surface area (Å²) in [7, 11) is 0. The van der Waals surface area contributed by atoms with Crippen molar-refractivity contribution in [1.82, 2.24) is 10.2 Å². The van der Waals surface area contributed by atoms with E-state index in [1.165, 1.54) is 0 Å². The van der Waals surface area contributed by atoms with Gasteiger partial charge in [-0.15, -0.1) is 0 Å². The van der Waals surface area contributed by atoms with E-state index in [0.717, 1.165) is 50.5 Å². The second-order valence-electron chi connectivity index (χ2n) is 5.71. The SMILES string of the molecule is CCC(C)NC(=NCCc1ccco1)N1CCC(O)CC1. The van der Waals surface area contributed by atoms with E-state index in [1.54, 1.807) is 6.26 Å². The van der Waals surface area contributed by atoms with Crippen molar-refractivity contribution in [1.29, 1.82) is 0 Å². The quantitative estimate of drug-likeness (QED) is 0.644. The van der Waals surface area contributed by atoms with E-state index < -0.39 is 0 Å². The third kappa shape index (κ3) is 5.08. The van der Waals surface area contributed by atoms with Crippen LogP contribution in [0.15, 0.2) is 27.8 Å². The number of hydrogen-bond acceptors (Lipinski definition) is 3. The zero-order chi connectivity index (χ0) is 15.1. The highest BCUT2D eigenvalue weighted by Crippen LogP contribution is 2.11. The van der Waals surface area contributed by atoms with Crippen LogP contribution in [0.25, 0.3) is 0 Å². The molecule has 1 aliphatic heterocycles. The molecule has 1 aromatic rings. The van der Waals surface area contributed by atoms with Gasteiger partial charge in [0.25, 0.3) is 0 Å². The molecule has 1 aromatic heterocycles. The Morgan fingerprint density at radius 2 is 2.29 bits per heavy atom. The summed E-state index contributed by atoms with van der Waals surface area (Å²) in [6, 6.07) is 4.29. The lowest BCUT2D eigenvalue weighted by atomic mass is 10.1. The van der Waals surface area contributed by atoms with Crippen molar-refractivity contribution in [2.75, 3.05) is 19.6 Å². The van der Waals surface area contributed by atoms with Gasteiger partial charge >= 0.3 is 0 Å². The highest BCUT2D eigenvalue weighted by Gasteiger charge is 2.20. The molecule has 5 nitrogen and oxygen atoms in total. The Hall–Kier alpha value is -1.49. The van der Waals surface area contributed by atoms with Crippen LogP contribution in [0.2, 0.25) is 0 Å². The van der Waals surface area contributed by atoms with Gasteiger partial charge < -0.3 is 19.7 Å². The summed E-state index contributed by atoms with van der Waals surface area (Å²) in [5.41, 5.74) is 0. The lowest BCUT2D eigenvalue weighted by molar-refractivity contribution is 0.107. The topological polar surface area (TPSA) is 61.0 Å². The van der Waals surface area contributed by atoms with Gasteiger partial charge in [0.2, 0.25) is 0 Å². The first-order valence-electron chi connectivity index (χ1n) is 7.95. The predicted molar refractivity (Wildman–Crippen MR) is 84.4 cm³/mol. The molecule has 0 bridgehead atoms. The highest BCUT2D eigenvalue weighted by atomic mass is 16.3. The second-order valence-corrected chi connectivity index (χ2v) is 5.71. The van der Waals surface area contributed by atoms with Crippen LogP contribution in [0.4, 0.5) is 0 Å². The molecule has 2 heterocycles. The summed E-state index contributed by atoms with van der Waals surface area (Å²) >= 11 is 0. The summed E-state index contributed by atoms with van der Waals surface area (Å²) in [5.74, 6) is 1.93. The summed E-state index contributed by atoms with van der Waals surface area (Å²) in [4.78, 5) is 6.98. The lowest BCUT2D eigenvalue weighted by Gasteiger charge is -2.33. The second kappa shape index (κ2) is 8.08. The molecule has 0 amide bonds. The van der Waals surface area contributed by atoms with Crippen LogP contribution in [-0.2, 0) is 6.42 Å². The van der Waals surface area contributed by atoms with E-state index in [-0.39, 0.29) is 6.10 Å². The number of aliphatic imine (C=N–C) groups is 1. The van der Waals surface area contributed by atoms with Crippen LogP contribution in [0.5, 0.6) is 0 Å². The largest absolute Gasteiger partial charge is 0.469 e. The summed E-state index contributed by atoms with van der Waals surface area (Å²) in [6.07, 6.45) is 5.06. The lowest BCUT2D eigenvalue weighted by Crippen LogP contribution is -2.49.